The zero-order valence-corrected chi connectivity index (χ0v) is 11.8. The highest BCUT2D eigenvalue weighted by Gasteiger charge is 2.66. The number of ether oxygens (including phenoxy) is 2. The number of rotatable bonds is 1. The zero-order chi connectivity index (χ0) is 12.9. The van der Waals surface area contributed by atoms with E-state index < -0.39 is 0 Å². The Morgan fingerprint density at radius 2 is 1.68 bits per heavy atom. The van der Waals surface area contributed by atoms with Crippen molar-refractivity contribution in [1.82, 2.24) is 0 Å². The molecule has 0 radical (unpaired) electrons. The van der Waals surface area contributed by atoms with Crippen LogP contribution in [-0.2, 0) is 4.87 Å². The molecule has 1 aromatic carbocycles. The number of hydrogen-bond acceptors (Lipinski definition) is 2. The van der Waals surface area contributed by atoms with Crippen molar-refractivity contribution in [2.45, 2.75) is 49.8 Å². The smallest absolute Gasteiger partial charge is 0.231 e. The number of benzene rings is 1. The molecule has 1 aromatic rings. The summed E-state index contributed by atoms with van der Waals surface area (Å²) in [6.07, 6.45) is 9.10. The SMILES string of the molecule is ClC1(c2ccc3c(c2)OCO3)CC12CCCCCC2. The average molecular weight is 279 g/mol. The van der Waals surface area contributed by atoms with Gasteiger partial charge in [0.05, 0.1) is 4.87 Å². The lowest BCUT2D eigenvalue weighted by Crippen LogP contribution is -2.12. The third-order valence-corrected chi connectivity index (χ3v) is 5.94. The van der Waals surface area contributed by atoms with E-state index in [2.05, 4.69) is 12.1 Å². The van der Waals surface area contributed by atoms with Crippen LogP contribution in [0, 0.1) is 5.41 Å². The molecule has 102 valence electrons. The Morgan fingerprint density at radius 3 is 2.47 bits per heavy atom. The molecule has 2 nitrogen and oxygen atoms in total. The fraction of sp³-hybridized carbons (Fsp3) is 0.625. The van der Waals surface area contributed by atoms with Gasteiger partial charge >= 0.3 is 0 Å². The molecule has 1 spiro atoms. The topological polar surface area (TPSA) is 18.5 Å². The molecule has 1 atom stereocenters. The van der Waals surface area contributed by atoms with E-state index in [0.717, 1.165) is 17.9 Å². The summed E-state index contributed by atoms with van der Waals surface area (Å²) < 4.78 is 10.9. The van der Waals surface area contributed by atoms with Gasteiger partial charge in [-0.1, -0.05) is 31.7 Å². The maximum Gasteiger partial charge on any atom is 0.231 e. The quantitative estimate of drug-likeness (QED) is 0.699. The normalized spacial score (nSPS) is 31.2. The highest BCUT2D eigenvalue weighted by atomic mass is 35.5. The van der Waals surface area contributed by atoms with Crippen LogP contribution in [0.5, 0.6) is 11.5 Å². The summed E-state index contributed by atoms with van der Waals surface area (Å²) in [6.45, 7) is 0.333. The molecule has 1 aliphatic heterocycles. The molecular weight excluding hydrogens is 260 g/mol. The second-order valence-electron chi connectivity index (χ2n) is 6.24. The summed E-state index contributed by atoms with van der Waals surface area (Å²) in [5.41, 5.74) is 1.57. The summed E-state index contributed by atoms with van der Waals surface area (Å²) in [4.78, 5) is -0.154. The summed E-state index contributed by atoms with van der Waals surface area (Å²) in [5, 5.41) is 0. The lowest BCUT2D eigenvalue weighted by Gasteiger charge is -2.20. The Hall–Kier alpha value is -0.890. The molecule has 1 heterocycles. The summed E-state index contributed by atoms with van der Waals surface area (Å²) in [7, 11) is 0. The lowest BCUT2D eigenvalue weighted by atomic mass is 9.90. The molecule has 1 unspecified atom stereocenters. The van der Waals surface area contributed by atoms with E-state index >= 15 is 0 Å². The zero-order valence-electron chi connectivity index (χ0n) is 11.1. The van der Waals surface area contributed by atoms with Crippen LogP contribution in [-0.4, -0.2) is 6.79 Å². The van der Waals surface area contributed by atoms with Crippen LogP contribution in [0.1, 0.15) is 50.5 Å². The molecule has 0 bridgehead atoms. The Labute approximate surface area is 119 Å². The van der Waals surface area contributed by atoms with Gasteiger partial charge in [-0.15, -0.1) is 11.6 Å². The minimum absolute atomic E-state index is 0.154. The molecule has 0 saturated heterocycles. The van der Waals surface area contributed by atoms with E-state index in [1.54, 1.807) is 0 Å². The van der Waals surface area contributed by atoms with E-state index in [4.69, 9.17) is 21.1 Å². The molecule has 3 aliphatic rings. The third kappa shape index (κ3) is 1.69. The fourth-order valence-electron chi connectivity index (χ4n) is 3.95. The first-order valence-corrected chi connectivity index (χ1v) is 7.70. The molecule has 0 amide bonds. The molecule has 0 N–H and O–H groups in total. The van der Waals surface area contributed by atoms with Crippen molar-refractivity contribution in [2.24, 2.45) is 5.41 Å². The van der Waals surface area contributed by atoms with Gasteiger partial charge in [0.25, 0.3) is 0 Å². The van der Waals surface area contributed by atoms with Crippen molar-refractivity contribution in [3.8, 4) is 11.5 Å². The molecular formula is C16H19ClO2. The Kier molecular flexibility index (Phi) is 2.54. The molecule has 0 aromatic heterocycles. The molecule has 3 heteroatoms. The summed E-state index contributed by atoms with van der Waals surface area (Å²) in [5.74, 6) is 1.70. The highest BCUT2D eigenvalue weighted by Crippen LogP contribution is 2.73. The van der Waals surface area contributed by atoms with Crippen molar-refractivity contribution in [1.29, 1.82) is 0 Å². The predicted molar refractivity (Wildman–Crippen MR) is 74.8 cm³/mol. The predicted octanol–water partition coefficient (Wildman–Crippen LogP) is 4.59. The van der Waals surface area contributed by atoms with Crippen molar-refractivity contribution in [2.75, 3.05) is 6.79 Å². The van der Waals surface area contributed by atoms with Gasteiger partial charge in [-0.25, -0.2) is 0 Å². The van der Waals surface area contributed by atoms with E-state index in [9.17, 15) is 0 Å². The molecule has 2 aliphatic carbocycles. The Balaban J connectivity index is 1.65. The first-order valence-electron chi connectivity index (χ1n) is 7.33. The van der Waals surface area contributed by atoms with Crippen LogP contribution >= 0.6 is 11.6 Å². The third-order valence-electron chi connectivity index (χ3n) is 5.19. The van der Waals surface area contributed by atoms with Crippen LogP contribution in [0.2, 0.25) is 0 Å². The van der Waals surface area contributed by atoms with E-state index in [1.807, 2.05) is 6.07 Å². The number of fused-ring (bicyclic) bond motifs is 1. The number of halogens is 1. The van der Waals surface area contributed by atoms with Gasteiger partial charge in [0.1, 0.15) is 0 Å². The highest BCUT2D eigenvalue weighted by molar-refractivity contribution is 6.27. The van der Waals surface area contributed by atoms with Crippen molar-refractivity contribution in [3.63, 3.8) is 0 Å². The average Bonchev–Trinajstić information content (AvgIpc) is 2.86. The largest absolute Gasteiger partial charge is 0.454 e. The summed E-state index contributed by atoms with van der Waals surface area (Å²) >= 11 is 6.98. The first kappa shape index (κ1) is 11.9. The van der Waals surface area contributed by atoms with Gasteiger partial charge in [-0.3, -0.25) is 0 Å². The molecule has 2 saturated carbocycles. The minimum atomic E-state index is -0.154. The van der Waals surface area contributed by atoms with Crippen LogP contribution in [0.25, 0.3) is 0 Å². The first-order chi connectivity index (χ1) is 9.24. The second-order valence-corrected chi connectivity index (χ2v) is 6.89. The van der Waals surface area contributed by atoms with Gasteiger partial charge < -0.3 is 9.47 Å². The van der Waals surface area contributed by atoms with Gasteiger partial charge in [-0.05, 0) is 42.4 Å². The van der Waals surface area contributed by atoms with E-state index in [0.29, 0.717) is 12.2 Å². The van der Waals surface area contributed by atoms with E-state index in [-0.39, 0.29) is 4.87 Å². The van der Waals surface area contributed by atoms with Crippen molar-refractivity contribution in [3.05, 3.63) is 23.8 Å². The standard InChI is InChI=1S/C16H19ClO2/c17-16(10-15(16)7-3-1-2-4-8-15)12-5-6-13-14(9-12)19-11-18-13/h5-6,9H,1-4,7-8,10-11H2. The fourth-order valence-corrected chi connectivity index (χ4v) is 4.51. The molecule has 2 fully saturated rings. The van der Waals surface area contributed by atoms with Crippen LogP contribution < -0.4 is 9.47 Å². The van der Waals surface area contributed by atoms with Crippen LogP contribution in [0.4, 0.5) is 0 Å². The minimum Gasteiger partial charge on any atom is -0.454 e. The van der Waals surface area contributed by atoms with Crippen LogP contribution in [0.15, 0.2) is 18.2 Å². The number of alkyl halides is 1. The second kappa shape index (κ2) is 4.05. The monoisotopic (exact) mass is 278 g/mol. The molecule has 4 rings (SSSR count). The Morgan fingerprint density at radius 1 is 0.947 bits per heavy atom. The van der Waals surface area contributed by atoms with Gasteiger partial charge in [0, 0.05) is 0 Å². The molecule has 19 heavy (non-hydrogen) atoms. The van der Waals surface area contributed by atoms with Crippen LogP contribution in [0.3, 0.4) is 0 Å². The number of hydrogen-bond donors (Lipinski definition) is 0. The van der Waals surface area contributed by atoms with Gasteiger partial charge in [0.15, 0.2) is 11.5 Å². The van der Waals surface area contributed by atoms with Crippen molar-refractivity contribution >= 4 is 11.6 Å². The summed E-state index contributed by atoms with van der Waals surface area (Å²) in [6, 6.07) is 6.22. The maximum absolute atomic E-state index is 6.98. The maximum atomic E-state index is 6.98. The van der Waals surface area contributed by atoms with E-state index in [1.165, 1.54) is 44.1 Å². The van der Waals surface area contributed by atoms with Crippen molar-refractivity contribution < 1.29 is 9.47 Å². The lowest BCUT2D eigenvalue weighted by molar-refractivity contribution is 0.174. The van der Waals surface area contributed by atoms with Gasteiger partial charge in [0.2, 0.25) is 6.79 Å². The van der Waals surface area contributed by atoms with Gasteiger partial charge in [-0.2, -0.15) is 0 Å². The Bertz CT molecular complexity index is 505.